The average molecular weight is 319 g/mol. The molecule has 0 radical (unpaired) electrons. The van der Waals surface area contributed by atoms with Crippen LogP contribution >= 0.6 is 11.6 Å². The maximum atomic E-state index is 12.4. The number of nitrogens with one attached hydrogen (secondary N) is 1. The number of amides is 1. The van der Waals surface area contributed by atoms with Crippen molar-refractivity contribution in [1.82, 2.24) is 4.57 Å². The molecule has 0 fully saturated rings. The van der Waals surface area contributed by atoms with Crippen molar-refractivity contribution in [2.75, 3.05) is 5.32 Å². The number of pyridine rings is 1. The van der Waals surface area contributed by atoms with E-state index in [0.717, 1.165) is 29.7 Å². The number of hydrogen-bond donors (Lipinski definition) is 1. The molecule has 0 aliphatic heterocycles. The lowest BCUT2D eigenvalue weighted by Gasteiger charge is -2.16. The van der Waals surface area contributed by atoms with Gasteiger partial charge in [0.05, 0.1) is 0 Å². The highest BCUT2D eigenvalue weighted by atomic mass is 35.5. The predicted molar refractivity (Wildman–Crippen MR) is 89.8 cm³/mol. The van der Waals surface area contributed by atoms with Crippen LogP contribution in [0.25, 0.3) is 0 Å². The largest absolute Gasteiger partial charge is 0.321 e. The number of anilines is 1. The van der Waals surface area contributed by atoms with E-state index in [9.17, 15) is 9.59 Å². The molecule has 0 bridgehead atoms. The number of carbonyl (C=O) groups excluding carboxylic acids is 1. The molecule has 0 aliphatic carbocycles. The number of aryl methyl sites for hydroxylation is 2. The van der Waals surface area contributed by atoms with Crippen LogP contribution in [0.5, 0.6) is 0 Å². The molecule has 0 atom stereocenters. The summed E-state index contributed by atoms with van der Waals surface area (Å²) in [6.07, 6.45) is 3.09. The summed E-state index contributed by atoms with van der Waals surface area (Å²) in [6, 6.07) is 6.73. The average Bonchev–Trinajstić information content (AvgIpc) is 2.50. The summed E-state index contributed by atoms with van der Waals surface area (Å²) >= 11 is 6.23. The molecule has 2 aromatic rings. The van der Waals surface area contributed by atoms with Crippen molar-refractivity contribution < 1.29 is 4.79 Å². The molecule has 2 rings (SSSR count). The zero-order chi connectivity index (χ0) is 16.3. The number of hydrogen-bond acceptors (Lipinski definition) is 2. The van der Waals surface area contributed by atoms with Crippen LogP contribution in [-0.2, 0) is 19.9 Å². The minimum absolute atomic E-state index is 0.217. The van der Waals surface area contributed by atoms with Gasteiger partial charge in [0.25, 0.3) is 11.5 Å². The van der Waals surface area contributed by atoms with Crippen LogP contribution in [0.4, 0.5) is 5.69 Å². The van der Waals surface area contributed by atoms with Crippen LogP contribution in [0.15, 0.2) is 35.3 Å². The summed E-state index contributed by atoms with van der Waals surface area (Å²) in [7, 11) is 1.64. The summed E-state index contributed by atoms with van der Waals surface area (Å²) in [6.45, 7) is 4.02. The van der Waals surface area contributed by atoms with Gasteiger partial charge in [0, 0.05) is 35.6 Å². The van der Waals surface area contributed by atoms with Gasteiger partial charge < -0.3 is 9.88 Å². The van der Waals surface area contributed by atoms with Gasteiger partial charge in [0.15, 0.2) is 0 Å². The zero-order valence-electron chi connectivity index (χ0n) is 12.9. The van der Waals surface area contributed by atoms with Crippen LogP contribution in [-0.4, -0.2) is 10.5 Å². The van der Waals surface area contributed by atoms with Crippen molar-refractivity contribution >= 4 is 23.2 Å². The molecular formula is C17H19ClN2O2. The molecule has 1 amide bonds. The molecule has 1 heterocycles. The zero-order valence-corrected chi connectivity index (χ0v) is 13.7. The summed E-state index contributed by atoms with van der Waals surface area (Å²) in [4.78, 5) is 24.1. The third kappa shape index (κ3) is 3.22. The van der Waals surface area contributed by atoms with E-state index in [1.165, 1.54) is 10.6 Å². The Morgan fingerprint density at radius 3 is 2.55 bits per heavy atom. The second-order valence-electron chi connectivity index (χ2n) is 5.09. The number of benzene rings is 1. The lowest BCUT2D eigenvalue weighted by Crippen LogP contribution is -2.21. The fourth-order valence-electron chi connectivity index (χ4n) is 2.34. The van der Waals surface area contributed by atoms with Crippen LogP contribution < -0.4 is 10.9 Å². The van der Waals surface area contributed by atoms with Gasteiger partial charge in [-0.05, 0) is 36.1 Å². The van der Waals surface area contributed by atoms with Gasteiger partial charge in [-0.25, -0.2) is 0 Å². The first-order valence-corrected chi connectivity index (χ1v) is 7.64. The quantitative estimate of drug-likeness (QED) is 0.939. The minimum Gasteiger partial charge on any atom is -0.321 e. The summed E-state index contributed by atoms with van der Waals surface area (Å²) in [5, 5.41) is 3.55. The lowest BCUT2D eigenvalue weighted by molar-refractivity contribution is 0.102. The molecule has 22 heavy (non-hydrogen) atoms. The highest BCUT2D eigenvalue weighted by molar-refractivity contribution is 6.32. The first-order valence-electron chi connectivity index (χ1n) is 7.26. The smallest absolute Gasteiger partial charge is 0.255 e. The Labute approximate surface area is 134 Å². The SMILES string of the molecule is CCc1ccc(Cl)c(CC)c1NC(=O)c1ccn(C)c(=O)c1. The van der Waals surface area contributed by atoms with Gasteiger partial charge in [-0.3, -0.25) is 9.59 Å². The second kappa shape index (κ2) is 6.79. The third-order valence-corrected chi connectivity index (χ3v) is 4.04. The van der Waals surface area contributed by atoms with Crippen molar-refractivity contribution in [1.29, 1.82) is 0 Å². The summed E-state index contributed by atoms with van der Waals surface area (Å²) < 4.78 is 1.42. The first kappa shape index (κ1) is 16.3. The fraction of sp³-hybridized carbons (Fsp3) is 0.294. The van der Waals surface area contributed by atoms with E-state index in [1.807, 2.05) is 26.0 Å². The maximum absolute atomic E-state index is 12.4. The predicted octanol–water partition coefficient (Wildman–Crippen LogP) is 3.42. The Hall–Kier alpha value is -2.07. The van der Waals surface area contributed by atoms with Crippen LogP contribution in [0.1, 0.15) is 35.3 Å². The van der Waals surface area contributed by atoms with E-state index in [4.69, 9.17) is 11.6 Å². The van der Waals surface area contributed by atoms with Gasteiger partial charge in [0.1, 0.15) is 0 Å². The summed E-state index contributed by atoms with van der Waals surface area (Å²) in [5.74, 6) is -0.302. The molecule has 1 aromatic carbocycles. The Bertz CT molecular complexity index is 766. The third-order valence-electron chi connectivity index (χ3n) is 3.68. The number of nitrogens with zero attached hydrogens (tertiary/aromatic N) is 1. The van der Waals surface area contributed by atoms with Crippen molar-refractivity contribution in [3.05, 3.63) is 62.5 Å². The molecule has 4 nitrogen and oxygen atoms in total. The van der Waals surface area contributed by atoms with Crippen LogP contribution in [0.2, 0.25) is 5.02 Å². The van der Waals surface area contributed by atoms with Gasteiger partial charge in [-0.15, -0.1) is 0 Å². The molecule has 5 heteroatoms. The van der Waals surface area contributed by atoms with E-state index in [0.29, 0.717) is 10.6 Å². The lowest BCUT2D eigenvalue weighted by atomic mass is 10.0. The Balaban J connectivity index is 2.41. The molecule has 0 spiro atoms. The maximum Gasteiger partial charge on any atom is 0.255 e. The van der Waals surface area contributed by atoms with Crippen molar-refractivity contribution in [2.45, 2.75) is 26.7 Å². The number of aromatic nitrogens is 1. The normalized spacial score (nSPS) is 10.5. The first-order chi connectivity index (χ1) is 10.5. The molecule has 1 N–H and O–H groups in total. The van der Waals surface area contributed by atoms with Gasteiger partial charge in [0.2, 0.25) is 0 Å². The molecule has 0 unspecified atom stereocenters. The van der Waals surface area contributed by atoms with Crippen LogP contribution in [0.3, 0.4) is 0 Å². The molecule has 0 saturated heterocycles. The molecule has 116 valence electrons. The van der Waals surface area contributed by atoms with E-state index in [-0.39, 0.29) is 11.5 Å². The highest BCUT2D eigenvalue weighted by Gasteiger charge is 2.14. The molecular weight excluding hydrogens is 300 g/mol. The summed E-state index contributed by atoms with van der Waals surface area (Å²) in [5.41, 5.74) is 2.82. The Morgan fingerprint density at radius 1 is 1.23 bits per heavy atom. The number of rotatable bonds is 4. The second-order valence-corrected chi connectivity index (χ2v) is 5.49. The Morgan fingerprint density at radius 2 is 1.95 bits per heavy atom. The van der Waals surface area contributed by atoms with Gasteiger partial charge >= 0.3 is 0 Å². The Kier molecular flexibility index (Phi) is 5.03. The van der Waals surface area contributed by atoms with Crippen molar-refractivity contribution in [2.24, 2.45) is 7.05 Å². The minimum atomic E-state index is -0.302. The van der Waals surface area contributed by atoms with E-state index in [2.05, 4.69) is 5.32 Å². The van der Waals surface area contributed by atoms with Gasteiger partial charge in [-0.2, -0.15) is 0 Å². The van der Waals surface area contributed by atoms with E-state index >= 15 is 0 Å². The molecule has 1 aromatic heterocycles. The van der Waals surface area contributed by atoms with Crippen molar-refractivity contribution in [3.8, 4) is 0 Å². The number of halogens is 1. The topological polar surface area (TPSA) is 51.1 Å². The van der Waals surface area contributed by atoms with Gasteiger partial charge in [-0.1, -0.05) is 31.5 Å². The van der Waals surface area contributed by atoms with Crippen molar-refractivity contribution in [3.63, 3.8) is 0 Å². The monoisotopic (exact) mass is 318 g/mol. The van der Waals surface area contributed by atoms with E-state index < -0.39 is 0 Å². The fourth-order valence-corrected chi connectivity index (χ4v) is 2.63. The van der Waals surface area contributed by atoms with Crippen LogP contribution in [0, 0.1) is 0 Å². The molecule has 0 aliphatic rings. The molecule has 0 saturated carbocycles. The van der Waals surface area contributed by atoms with E-state index in [1.54, 1.807) is 19.3 Å². The highest BCUT2D eigenvalue weighted by Crippen LogP contribution is 2.29. The standard InChI is InChI=1S/C17H19ClN2O2/c1-4-11-6-7-14(18)13(5-2)16(11)19-17(22)12-8-9-20(3)15(21)10-12/h6-10H,4-5H2,1-3H3,(H,19,22). The number of carbonyl (C=O) groups is 1.